The van der Waals surface area contributed by atoms with Gasteiger partial charge in [0.1, 0.15) is 0 Å². The zero-order chi connectivity index (χ0) is 15.8. The number of hydrogen-bond acceptors (Lipinski definition) is 6. The van der Waals surface area contributed by atoms with E-state index >= 15 is 0 Å². The van der Waals surface area contributed by atoms with Crippen molar-refractivity contribution >= 4 is 35.4 Å². The van der Waals surface area contributed by atoms with Crippen LogP contribution >= 0.6 is 23.5 Å². The fourth-order valence-corrected chi connectivity index (χ4v) is 3.58. The van der Waals surface area contributed by atoms with Crippen molar-refractivity contribution in [1.29, 1.82) is 0 Å². The van der Waals surface area contributed by atoms with Gasteiger partial charge in [0, 0.05) is 25.4 Å². The number of hydrogen-bond donors (Lipinski definition) is 1. The van der Waals surface area contributed by atoms with E-state index in [1.54, 1.807) is 0 Å². The molecule has 8 heteroatoms. The summed E-state index contributed by atoms with van der Waals surface area (Å²) in [6.07, 6.45) is 4.09. The molecule has 0 aromatic carbocycles. The van der Waals surface area contributed by atoms with E-state index in [1.165, 1.54) is 11.8 Å². The number of carboxylic acids is 1. The van der Waals surface area contributed by atoms with Crippen molar-refractivity contribution in [2.45, 2.75) is 44.4 Å². The fraction of sp³-hybridized carbons (Fsp3) is 0.769. The predicted molar refractivity (Wildman–Crippen MR) is 89.5 cm³/mol. The zero-order valence-electron chi connectivity index (χ0n) is 13.1. The second-order valence-electron chi connectivity index (χ2n) is 4.74. The number of carbonyl (C=O) groups is 1. The lowest BCUT2D eigenvalue weighted by molar-refractivity contribution is -0.133. The molecule has 0 radical (unpaired) electrons. The van der Waals surface area contributed by atoms with Crippen LogP contribution in [-0.2, 0) is 11.3 Å². The van der Waals surface area contributed by atoms with Crippen LogP contribution in [0.3, 0.4) is 0 Å². The Morgan fingerprint density at radius 2 is 2.14 bits per heavy atom. The van der Waals surface area contributed by atoms with Gasteiger partial charge in [0.2, 0.25) is 5.95 Å². The first-order valence-corrected chi connectivity index (χ1v) is 9.42. The lowest BCUT2D eigenvalue weighted by Gasteiger charge is -2.27. The average molecular weight is 332 g/mol. The van der Waals surface area contributed by atoms with Gasteiger partial charge in [0.15, 0.2) is 5.16 Å². The molecule has 0 aliphatic carbocycles. The molecule has 120 valence electrons. The van der Waals surface area contributed by atoms with Gasteiger partial charge in [-0.1, -0.05) is 25.6 Å². The summed E-state index contributed by atoms with van der Waals surface area (Å²) in [6, 6.07) is 0.400. The quantitative estimate of drug-likeness (QED) is 0.660. The van der Waals surface area contributed by atoms with E-state index in [2.05, 4.69) is 35.2 Å². The predicted octanol–water partition coefficient (Wildman–Crippen LogP) is 2.44. The molecule has 1 aromatic heterocycles. The largest absolute Gasteiger partial charge is 0.481 e. The second kappa shape index (κ2) is 9.19. The number of aliphatic carboxylic acids is 1. The maximum absolute atomic E-state index is 10.7. The van der Waals surface area contributed by atoms with Gasteiger partial charge in [-0.15, -0.1) is 10.2 Å². The van der Waals surface area contributed by atoms with Crippen LogP contribution in [0.4, 0.5) is 5.95 Å². The van der Waals surface area contributed by atoms with E-state index in [-0.39, 0.29) is 5.75 Å². The Labute approximate surface area is 134 Å². The first-order chi connectivity index (χ1) is 10.0. The minimum Gasteiger partial charge on any atom is -0.481 e. The molecule has 0 spiro atoms. The van der Waals surface area contributed by atoms with Crippen LogP contribution in [0, 0.1) is 0 Å². The number of thioether (sulfide) groups is 2. The third-order valence-electron chi connectivity index (χ3n) is 3.16. The van der Waals surface area contributed by atoms with Gasteiger partial charge in [-0.25, -0.2) is 0 Å². The van der Waals surface area contributed by atoms with Gasteiger partial charge in [0.05, 0.1) is 5.75 Å². The summed E-state index contributed by atoms with van der Waals surface area (Å²) >= 11 is 3.04. The topological polar surface area (TPSA) is 71.2 Å². The van der Waals surface area contributed by atoms with Crippen LogP contribution in [0.2, 0.25) is 0 Å². The molecule has 1 atom stereocenters. The maximum atomic E-state index is 10.7. The summed E-state index contributed by atoms with van der Waals surface area (Å²) in [5.41, 5.74) is 0. The van der Waals surface area contributed by atoms with Crippen molar-refractivity contribution in [3.63, 3.8) is 0 Å². The summed E-state index contributed by atoms with van der Waals surface area (Å²) < 4.78 is 2.02. The Hall–Kier alpha value is -0.890. The number of carboxylic acid groups (broad SMARTS) is 1. The molecule has 1 aromatic rings. The zero-order valence-corrected chi connectivity index (χ0v) is 14.7. The lowest BCUT2D eigenvalue weighted by Crippen LogP contribution is -2.35. The Balaban J connectivity index is 2.96. The van der Waals surface area contributed by atoms with Crippen molar-refractivity contribution in [2.24, 2.45) is 0 Å². The summed E-state index contributed by atoms with van der Waals surface area (Å²) in [7, 11) is 2.03. The summed E-state index contributed by atoms with van der Waals surface area (Å²) in [6.45, 7) is 5.05. The minimum absolute atomic E-state index is 0.00752. The molecule has 0 fully saturated rings. The number of nitrogens with zero attached hydrogens (tertiary/aromatic N) is 4. The molecular formula is C13H24N4O2S2. The number of anilines is 1. The average Bonchev–Trinajstić information content (AvgIpc) is 2.85. The molecule has 1 heterocycles. The summed E-state index contributed by atoms with van der Waals surface area (Å²) in [4.78, 5) is 12.9. The molecule has 0 aliphatic heterocycles. The van der Waals surface area contributed by atoms with E-state index in [0.717, 1.165) is 31.1 Å². The van der Waals surface area contributed by atoms with Crippen molar-refractivity contribution < 1.29 is 9.90 Å². The van der Waals surface area contributed by atoms with Gasteiger partial charge in [-0.2, -0.15) is 11.8 Å². The Bertz CT molecular complexity index is 453. The molecule has 1 unspecified atom stereocenters. The first-order valence-electron chi connectivity index (χ1n) is 7.04. The second-order valence-corrected chi connectivity index (χ2v) is 6.60. The van der Waals surface area contributed by atoms with E-state index in [9.17, 15) is 4.79 Å². The molecule has 0 bridgehead atoms. The first kappa shape index (κ1) is 18.2. The SMILES string of the molecule is CCCn1c(SCC(=O)O)nnc1N(C)C(CC)CSC. The highest BCUT2D eigenvalue weighted by Gasteiger charge is 2.21. The van der Waals surface area contributed by atoms with E-state index < -0.39 is 5.97 Å². The molecule has 1 N–H and O–H groups in total. The van der Waals surface area contributed by atoms with Gasteiger partial charge < -0.3 is 10.0 Å². The van der Waals surface area contributed by atoms with Crippen molar-refractivity contribution in [2.75, 3.05) is 29.7 Å². The summed E-state index contributed by atoms with van der Waals surface area (Å²) in [5.74, 6) is 1.03. The molecule has 0 aliphatic rings. The molecule has 0 saturated heterocycles. The van der Waals surface area contributed by atoms with Gasteiger partial charge in [-0.3, -0.25) is 9.36 Å². The maximum Gasteiger partial charge on any atom is 0.313 e. The van der Waals surface area contributed by atoms with Crippen LogP contribution in [0.1, 0.15) is 26.7 Å². The van der Waals surface area contributed by atoms with Gasteiger partial charge >= 0.3 is 5.97 Å². The van der Waals surface area contributed by atoms with Crippen LogP contribution < -0.4 is 4.90 Å². The normalized spacial score (nSPS) is 12.4. The van der Waals surface area contributed by atoms with Crippen LogP contribution in [0.15, 0.2) is 5.16 Å². The standard InChI is InChI=1S/C13H24N4O2S2/c1-5-7-17-12(16(3)10(6-2)8-20-4)14-15-13(17)21-9-11(18)19/h10H,5-9H2,1-4H3,(H,18,19). The molecule has 1 rings (SSSR count). The van der Waals surface area contributed by atoms with E-state index in [1.807, 2.05) is 23.4 Å². The van der Waals surface area contributed by atoms with Crippen LogP contribution in [0.25, 0.3) is 0 Å². The highest BCUT2D eigenvalue weighted by Crippen LogP contribution is 2.24. The Kier molecular flexibility index (Phi) is 7.95. The summed E-state index contributed by atoms with van der Waals surface area (Å²) in [5, 5.41) is 17.9. The monoisotopic (exact) mass is 332 g/mol. The highest BCUT2D eigenvalue weighted by atomic mass is 32.2. The Morgan fingerprint density at radius 3 is 2.67 bits per heavy atom. The molecule has 0 saturated carbocycles. The molecule has 0 amide bonds. The van der Waals surface area contributed by atoms with Crippen molar-refractivity contribution in [3.05, 3.63) is 0 Å². The lowest BCUT2D eigenvalue weighted by atomic mass is 10.2. The number of rotatable bonds is 10. The number of aromatic nitrogens is 3. The molecule has 6 nitrogen and oxygen atoms in total. The van der Waals surface area contributed by atoms with E-state index in [4.69, 9.17) is 5.11 Å². The smallest absolute Gasteiger partial charge is 0.313 e. The van der Waals surface area contributed by atoms with Gasteiger partial charge in [-0.05, 0) is 19.1 Å². The third kappa shape index (κ3) is 5.10. The van der Waals surface area contributed by atoms with Crippen LogP contribution in [-0.4, -0.2) is 56.7 Å². The van der Waals surface area contributed by atoms with Crippen molar-refractivity contribution in [1.82, 2.24) is 14.8 Å². The van der Waals surface area contributed by atoms with Gasteiger partial charge in [0.25, 0.3) is 0 Å². The Morgan fingerprint density at radius 1 is 1.43 bits per heavy atom. The molecule has 21 heavy (non-hydrogen) atoms. The third-order valence-corrected chi connectivity index (χ3v) is 4.83. The highest BCUT2D eigenvalue weighted by molar-refractivity contribution is 7.99. The molecular weight excluding hydrogens is 308 g/mol. The van der Waals surface area contributed by atoms with Crippen LogP contribution in [0.5, 0.6) is 0 Å². The minimum atomic E-state index is -0.838. The van der Waals surface area contributed by atoms with Crippen molar-refractivity contribution in [3.8, 4) is 0 Å². The van der Waals surface area contributed by atoms with E-state index in [0.29, 0.717) is 11.2 Å². The fourth-order valence-electron chi connectivity index (χ4n) is 2.05.